The highest BCUT2D eigenvalue weighted by Gasteiger charge is 2.51. The van der Waals surface area contributed by atoms with Gasteiger partial charge in [-0.3, -0.25) is 9.20 Å². The molecule has 0 saturated carbocycles. The van der Waals surface area contributed by atoms with E-state index >= 15 is 0 Å². The first kappa shape index (κ1) is 13.2. The number of nitrogens with two attached hydrogens (primary N) is 1. The highest BCUT2D eigenvalue weighted by atomic mass is 32.2. The molecule has 9 heteroatoms. The van der Waals surface area contributed by atoms with Crippen molar-refractivity contribution in [1.29, 1.82) is 0 Å². The van der Waals surface area contributed by atoms with Gasteiger partial charge in [-0.05, 0) is 0 Å². The number of hydrogen-bond donors (Lipinski definition) is 1. The van der Waals surface area contributed by atoms with Crippen molar-refractivity contribution in [3.05, 3.63) is 23.5 Å². The third-order valence-corrected chi connectivity index (χ3v) is 7.39. The first-order valence-corrected chi connectivity index (χ1v) is 9.24. The number of likely N-dealkylation sites (tertiary alicyclic amines) is 1. The fourth-order valence-corrected chi connectivity index (χ4v) is 6.22. The van der Waals surface area contributed by atoms with Crippen LogP contribution in [0.4, 0.5) is 0 Å². The van der Waals surface area contributed by atoms with Crippen LogP contribution in [0.3, 0.4) is 0 Å². The Hall–Kier alpha value is -1.45. The van der Waals surface area contributed by atoms with E-state index in [1.54, 1.807) is 15.5 Å². The molecule has 0 aliphatic carbocycles. The van der Waals surface area contributed by atoms with Gasteiger partial charge in [0.2, 0.25) is 0 Å². The van der Waals surface area contributed by atoms with Crippen LogP contribution in [0.25, 0.3) is 4.96 Å². The van der Waals surface area contributed by atoms with Gasteiger partial charge in [0.25, 0.3) is 5.91 Å². The van der Waals surface area contributed by atoms with Crippen LogP contribution in [-0.2, 0) is 9.84 Å². The fraction of sp³-hybridized carbons (Fsp3) is 0.500. The molecule has 2 saturated heterocycles. The van der Waals surface area contributed by atoms with E-state index in [1.165, 1.54) is 11.3 Å². The number of thiazole rings is 1. The van der Waals surface area contributed by atoms with Gasteiger partial charge in [0.15, 0.2) is 14.8 Å². The van der Waals surface area contributed by atoms with E-state index in [4.69, 9.17) is 5.73 Å². The summed E-state index contributed by atoms with van der Waals surface area (Å²) in [6.45, 7) is 0.625. The third kappa shape index (κ3) is 1.91. The number of hydrogen-bond acceptors (Lipinski definition) is 6. The van der Waals surface area contributed by atoms with Crippen LogP contribution < -0.4 is 5.73 Å². The van der Waals surface area contributed by atoms with Crippen LogP contribution in [0, 0.1) is 5.92 Å². The molecular weight excluding hydrogens is 312 g/mol. The third-order valence-electron chi connectivity index (χ3n) is 4.34. The Morgan fingerprint density at radius 3 is 2.95 bits per heavy atom. The number of aromatic nitrogens is 2. The minimum atomic E-state index is -3.18. The number of carbonyl (C=O) groups is 1. The summed E-state index contributed by atoms with van der Waals surface area (Å²) in [5.74, 6) is -0.338. The summed E-state index contributed by atoms with van der Waals surface area (Å²) in [6.07, 6.45) is 3.51. The Morgan fingerprint density at radius 2 is 2.24 bits per heavy atom. The SMILES string of the molecule is N[C@@H]1CS(=O)(=O)[C@H]2CN(C(=O)c3cn4ccsc4n3)C[C@@H]12. The van der Waals surface area contributed by atoms with Gasteiger partial charge in [-0.25, -0.2) is 13.4 Å². The molecular formula is C12H14N4O3S2. The van der Waals surface area contributed by atoms with E-state index in [9.17, 15) is 13.2 Å². The number of fused-ring (bicyclic) bond motifs is 2. The summed E-state index contributed by atoms with van der Waals surface area (Å²) in [5, 5.41) is 1.38. The number of sulfone groups is 1. The molecule has 0 spiro atoms. The summed E-state index contributed by atoms with van der Waals surface area (Å²) < 4.78 is 25.8. The van der Waals surface area contributed by atoms with E-state index in [2.05, 4.69) is 4.98 Å². The van der Waals surface area contributed by atoms with Crippen molar-refractivity contribution in [3.8, 4) is 0 Å². The molecule has 4 rings (SSSR count). The molecule has 0 aromatic carbocycles. The Morgan fingerprint density at radius 1 is 1.43 bits per heavy atom. The molecule has 1 amide bonds. The van der Waals surface area contributed by atoms with E-state index in [0.29, 0.717) is 12.2 Å². The number of rotatable bonds is 1. The maximum atomic E-state index is 12.5. The van der Waals surface area contributed by atoms with Crippen LogP contribution in [0.1, 0.15) is 10.5 Å². The second-order valence-electron chi connectivity index (χ2n) is 5.62. The van der Waals surface area contributed by atoms with Crippen LogP contribution in [0.15, 0.2) is 17.8 Å². The van der Waals surface area contributed by atoms with Gasteiger partial charge >= 0.3 is 0 Å². The quantitative estimate of drug-likeness (QED) is 0.768. The molecule has 4 heterocycles. The number of amides is 1. The summed E-state index contributed by atoms with van der Waals surface area (Å²) in [7, 11) is -3.18. The van der Waals surface area contributed by atoms with Gasteiger partial charge in [0, 0.05) is 42.8 Å². The van der Waals surface area contributed by atoms with Crippen LogP contribution in [-0.4, -0.2) is 58.7 Å². The van der Waals surface area contributed by atoms with Crippen LogP contribution in [0.5, 0.6) is 0 Å². The lowest BCUT2D eigenvalue weighted by Gasteiger charge is -2.17. The average Bonchev–Trinajstić information content (AvgIpc) is 3.12. The molecule has 3 atom stereocenters. The average molecular weight is 326 g/mol. The Balaban J connectivity index is 1.61. The molecule has 0 radical (unpaired) electrons. The van der Waals surface area contributed by atoms with Crippen LogP contribution >= 0.6 is 11.3 Å². The molecule has 0 unspecified atom stereocenters. The molecule has 2 aromatic heterocycles. The van der Waals surface area contributed by atoms with Crippen molar-refractivity contribution in [2.45, 2.75) is 11.3 Å². The lowest BCUT2D eigenvalue weighted by atomic mass is 10.0. The molecule has 2 N–H and O–H groups in total. The summed E-state index contributed by atoms with van der Waals surface area (Å²) >= 11 is 1.45. The minimum absolute atomic E-state index is 0.0323. The van der Waals surface area contributed by atoms with Gasteiger partial charge < -0.3 is 10.6 Å². The molecule has 2 aromatic rings. The summed E-state index contributed by atoms with van der Waals surface area (Å²) in [5.41, 5.74) is 6.26. The fourth-order valence-electron chi connectivity index (χ4n) is 3.26. The van der Waals surface area contributed by atoms with Gasteiger partial charge in [0.05, 0.1) is 11.0 Å². The number of imidazole rings is 1. The lowest BCUT2D eigenvalue weighted by Crippen LogP contribution is -2.35. The summed E-state index contributed by atoms with van der Waals surface area (Å²) in [4.78, 5) is 19.1. The topological polar surface area (TPSA) is 97.8 Å². The standard InChI is InChI=1S/C12H14N4O3S2/c13-8-6-21(18,19)10-5-16(3-7(8)10)11(17)9-4-15-1-2-20-12(15)14-9/h1-2,4,7-8,10H,3,5-6,13H2/t7-,8+,10-/m0/s1. The first-order chi connectivity index (χ1) is 9.95. The van der Waals surface area contributed by atoms with Gasteiger partial charge in [0.1, 0.15) is 5.69 Å². The zero-order valence-electron chi connectivity index (χ0n) is 11.0. The molecule has 2 fully saturated rings. The molecule has 21 heavy (non-hydrogen) atoms. The van der Waals surface area contributed by atoms with Crippen molar-refractivity contribution >= 4 is 32.0 Å². The van der Waals surface area contributed by atoms with Crippen LogP contribution in [0.2, 0.25) is 0 Å². The van der Waals surface area contributed by atoms with E-state index in [1.807, 2.05) is 11.6 Å². The Labute approximate surface area is 125 Å². The van der Waals surface area contributed by atoms with E-state index in [0.717, 1.165) is 4.96 Å². The maximum Gasteiger partial charge on any atom is 0.274 e. The van der Waals surface area contributed by atoms with Gasteiger partial charge in [-0.2, -0.15) is 0 Å². The smallest absolute Gasteiger partial charge is 0.274 e. The van der Waals surface area contributed by atoms with Crippen molar-refractivity contribution in [3.63, 3.8) is 0 Å². The number of nitrogens with zero attached hydrogens (tertiary/aromatic N) is 3. The predicted molar refractivity (Wildman–Crippen MR) is 78.0 cm³/mol. The molecule has 0 bridgehead atoms. The number of carbonyl (C=O) groups excluding carboxylic acids is 1. The van der Waals surface area contributed by atoms with Crippen molar-refractivity contribution in [2.24, 2.45) is 11.7 Å². The lowest BCUT2D eigenvalue weighted by molar-refractivity contribution is 0.0780. The van der Waals surface area contributed by atoms with Crippen molar-refractivity contribution in [2.75, 3.05) is 18.8 Å². The zero-order chi connectivity index (χ0) is 14.8. The minimum Gasteiger partial charge on any atom is -0.336 e. The largest absolute Gasteiger partial charge is 0.336 e. The molecule has 2 aliphatic heterocycles. The second kappa shape index (κ2) is 4.28. The van der Waals surface area contributed by atoms with Gasteiger partial charge in [-0.15, -0.1) is 11.3 Å². The van der Waals surface area contributed by atoms with Gasteiger partial charge in [-0.1, -0.05) is 0 Å². The Kier molecular flexibility index (Phi) is 2.69. The summed E-state index contributed by atoms with van der Waals surface area (Å²) in [6, 6.07) is -0.372. The first-order valence-electron chi connectivity index (χ1n) is 6.64. The normalized spacial score (nSPS) is 30.9. The molecule has 7 nitrogen and oxygen atoms in total. The predicted octanol–water partition coefficient (Wildman–Crippen LogP) is -0.408. The highest BCUT2D eigenvalue weighted by Crippen LogP contribution is 2.33. The van der Waals surface area contributed by atoms with Crippen molar-refractivity contribution < 1.29 is 13.2 Å². The van der Waals surface area contributed by atoms with E-state index in [-0.39, 0.29) is 30.2 Å². The molecule has 2 aliphatic rings. The monoisotopic (exact) mass is 326 g/mol. The Bertz CT molecular complexity index is 796. The molecule has 112 valence electrons. The maximum absolute atomic E-state index is 12.5. The zero-order valence-corrected chi connectivity index (χ0v) is 12.7. The van der Waals surface area contributed by atoms with E-state index < -0.39 is 15.1 Å². The van der Waals surface area contributed by atoms with Crippen molar-refractivity contribution in [1.82, 2.24) is 14.3 Å². The highest BCUT2D eigenvalue weighted by molar-refractivity contribution is 7.92. The second-order valence-corrected chi connectivity index (χ2v) is 8.76.